The van der Waals surface area contributed by atoms with Crippen LogP contribution in [0.4, 0.5) is 0 Å². The van der Waals surface area contributed by atoms with Gasteiger partial charge in [-0.05, 0) is 66.3 Å². The molecule has 2 aromatic rings. The van der Waals surface area contributed by atoms with Crippen molar-refractivity contribution in [2.24, 2.45) is 11.1 Å². The molecule has 0 heterocycles. The second kappa shape index (κ2) is 9.49. The van der Waals surface area contributed by atoms with Crippen molar-refractivity contribution in [1.29, 1.82) is 0 Å². The number of hydroxylamine groups is 1. The van der Waals surface area contributed by atoms with Crippen molar-refractivity contribution >= 4 is 58.2 Å². The minimum absolute atomic E-state index is 0.255. The Morgan fingerprint density at radius 2 is 1.68 bits per heavy atom. The molecule has 0 bridgehead atoms. The highest BCUT2D eigenvalue weighted by Gasteiger charge is 2.33. The number of oxime groups is 1. The van der Waals surface area contributed by atoms with Gasteiger partial charge in [-0.2, -0.15) is 5.48 Å². The number of halogens is 4. The van der Waals surface area contributed by atoms with E-state index in [0.29, 0.717) is 25.8 Å². The van der Waals surface area contributed by atoms with Gasteiger partial charge in [-0.15, -0.1) is 0 Å². The van der Waals surface area contributed by atoms with Crippen LogP contribution in [0.2, 0.25) is 20.1 Å². The van der Waals surface area contributed by atoms with Crippen LogP contribution < -0.4 is 5.48 Å². The number of hydrogen-bond donors (Lipinski definition) is 3. The van der Waals surface area contributed by atoms with Crippen molar-refractivity contribution in [2.45, 2.75) is 25.3 Å². The first kappa shape index (κ1) is 21.4. The van der Waals surface area contributed by atoms with Gasteiger partial charge in [-0.3, -0.25) is 0 Å². The van der Waals surface area contributed by atoms with Gasteiger partial charge in [0.1, 0.15) is 0 Å². The highest BCUT2D eigenvalue weighted by molar-refractivity contribution is 6.42. The smallest absolute Gasteiger partial charge is 0.0878 e. The lowest BCUT2D eigenvalue weighted by atomic mass is 9.77. The van der Waals surface area contributed by atoms with Crippen molar-refractivity contribution in [2.75, 3.05) is 0 Å². The van der Waals surface area contributed by atoms with E-state index in [-0.39, 0.29) is 5.92 Å². The van der Waals surface area contributed by atoms with Gasteiger partial charge in [0.25, 0.3) is 0 Å². The van der Waals surface area contributed by atoms with Crippen molar-refractivity contribution in [3.63, 3.8) is 0 Å². The largest absolute Gasteiger partial charge is 0.411 e. The SMILES string of the molecule is ON=C1/C(=C\c2ccc(Cl)c(Cl)c2)CCC[C@@H]1[C@H](NO)c1ccc(Cl)c(Cl)c1. The van der Waals surface area contributed by atoms with Crippen LogP contribution in [0.1, 0.15) is 36.4 Å². The van der Waals surface area contributed by atoms with Gasteiger partial charge in [0.05, 0.1) is 31.8 Å². The van der Waals surface area contributed by atoms with Gasteiger partial charge < -0.3 is 10.4 Å². The van der Waals surface area contributed by atoms with Crippen molar-refractivity contribution in [3.8, 4) is 0 Å². The third-order valence-corrected chi connectivity index (χ3v) is 6.36. The van der Waals surface area contributed by atoms with Gasteiger partial charge in [-0.25, -0.2) is 0 Å². The number of hydrogen-bond acceptors (Lipinski definition) is 4. The topological polar surface area (TPSA) is 64.9 Å². The third-order valence-electron chi connectivity index (χ3n) is 4.88. The maximum absolute atomic E-state index is 9.83. The van der Waals surface area contributed by atoms with Gasteiger partial charge in [-0.1, -0.05) is 63.7 Å². The van der Waals surface area contributed by atoms with E-state index in [1.54, 1.807) is 30.3 Å². The molecule has 1 saturated carbocycles. The normalized spacial score (nSPS) is 21.2. The molecule has 0 saturated heterocycles. The van der Waals surface area contributed by atoms with Gasteiger partial charge >= 0.3 is 0 Å². The molecule has 0 unspecified atom stereocenters. The van der Waals surface area contributed by atoms with E-state index in [2.05, 4.69) is 10.6 Å². The van der Waals surface area contributed by atoms with E-state index >= 15 is 0 Å². The van der Waals surface area contributed by atoms with E-state index < -0.39 is 6.04 Å². The lowest BCUT2D eigenvalue weighted by Crippen LogP contribution is -2.34. The maximum Gasteiger partial charge on any atom is 0.0878 e. The first-order chi connectivity index (χ1) is 13.4. The first-order valence-corrected chi connectivity index (χ1v) is 10.2. The van der Waals surface area contributed by atoms with Crippen LogP contribution in [0.25, 0.3) is 6.08 Å². The molecule has 1 aliphatic rings. The number of nitrogens with one attached hydrogen (secondary N) is 1. The quantitative estimate of drug-likeness (QED) is 0.339. The Hall–Kier alpha value is -1.27. The summed E-state index contributed by atoms with van der Waals surface area (Å²) in [5.74, 6) is -0.255. The summed E-state index contributed by atoms with van der Waals surface area (Å²) in [6.45, 7) is 0. The summed E-state index contributed by atoms with van der Waals surface area (Å²) in [4.78, 5) is 0. The molecule has 4 nitrogen and oxygen atoms in total. The van der Waals surface area contributed by atoms with E-state index in [4.69, 9.17) is 46.4 Å². The van der Waals surface area contributed by atoms with Gasteiger partial charge in [0.15, 0.2) is 0 Å². The number of nitrogens with zero attached hydrogens (tertiary/aromatic N) is 1. The highest BCUT2D eigenvalue weighted by atomic mass is 35.5. The Morgan fingerprint density at radius 3 is 2.29 bits per heavy atom. The highest BCUT2D eigenvalue weighted by Crippen LogP contribution is 2.38. The van der Waals surface area contributed by atoms with E-state index in [1.165, 1.54) is 0 Å². The van der Waals surface area contributed by atoms with Crippen molar-refractivity contribution in [3.05, 3.63) is 73.2 Å². The van der Waals surface area contributed by atoms with Crippen LogP contribution in [-0.4, -0.2) is 16.1 Å². The minimum atomic E-state index is -0.502. The lowest BCUT2D eigenvalue weighted by molar-refractivity contribution is 0.106. The van der Waals surface area contributed by atoms with Crippen LogP contribution >= 0.6 is 46.4 Å². The average molecular weight is 460 g/mol. The molecule has 2 aromatic carbocycles. The maximum atomic E-state index is 9.83. The molecule has 28 heavy (non-hydrogen) atoms. The Labute approximate surface area is 183 Å². The summed E-state index contributed by atoms with van der Waals surface area (Å²) in [5.41, 5.74) is 5.33. The fourth-order valence-corrected chi connectivity index (χ4v) is 4.14. The molecular weight excluding hydrogens is 442 g/mol. The molecule has 0 amide bonds. The van der Waals surface area contributed by atoms with Gasteiger partial charge in [0.2, 0.25) is 0 Å². The molecule has 0 aliphatic heterocycles. The molecular formula is C20H18Cl4N2O2. The third kappa shape index (κ3) is 4.65. The van der Waals surface area contributed by atoms with E-state index in [1.807, 2.05) is 12.1 Å². The van der Waals surface area contributed by atoms with Crippen LogP contribution in [0.15, 0.2) is 47.1 Å². The molecule has 1 aliphatic carbocycles. The summed E-state index contributed by atoms with van der Waals surface area (Å²) in [5, 5.41) is 24.9. The lowest BCUT2D eigenvalue weighted by Gasteiger charge is -2.32. The van der Waals surface area contributed by atoms with Crippen LogP contribution in [-0.2, 0) is 0 Å². The molecule has 1 fully saturated rings. The molecule has 3 N–H and O–H groups in total. The standard InChI is InChI=1S/C20H18Cl4N2O2/c21-15-6-4-11(9-17(15)23)8-12-2-1-3-14(19(12)25-27)20(26-28)13-5-7-16(22)18(24)10-13/h4-10,14,20,26-28H,1-3H2/b12-8-,25-19?/t14-,20+/m0/s1. The zero-order valence-electron chi connectivity index (χ0n) is 14.7. The predicted molar refractivity (Wildman–Crippen MR) is 115 cm³/mol. The summed E-state index contributed by atoms with van der Waals surface area (Å²) in [6.07, 6.45) is 4.27. The Bertz CT molecular complexity index is 930. The van der Waals surface area contributed by atoms with Crippen LogP contribution in [0.5, 0.6) is 0 Å². The zero-order chi connectivity index (χ0) is 20.3. The fraction of sp³-hybridized carbons (Fsp3) is 0.250. The Kier molecular flexibility index (Phi) is 7.26. The van der Waals surface area contributed by atoms with E-state index in [0.717, 1.165) is 36.0 Å². The average Bonchev–Trinajstić information content (AvgIpc) is 2.68. The van der Waals surface area contributed by atoms with Crippen molar-refractivity contribution < 1.29 is 10.4 Å². The summed E-state index contributed by atoms with van der Waals surface area (Å²) in [7, 11) is 0. The van der Waals surface area contributed by atoms with Gasteiger partial charge in [0, 0.05) is 5.92 Å². The molecule has 0 aromatic heterocycles. The number of rotatable bonds is 4. The number of allylic oxidation sites excluding steroid dienone is 1. The second-order valence-corrected chi connectivity index (χ2v) is 8.24. The zero-order valence-corrected chi connectivity index (χ0v) is 17.7. The second-order valence-electron chi connectivity index (χ2n) is 6.61. The minimum Gasteiger partial charge on any atom is -0.411 e. The molecule has 148 valence electrons. The van der Waals surface area contributed by atoms with Crippen LogP contribution in [0, 0.1) is 5.92 Å². The number of benzene rings is 2. The summed E-state index contributed by atoms with van der Waals surface area (Å²) < 4.78 is 0. The predicted octanol–water partition coefficient (Wildman–Crippen LogP) is 7.03. The molecule has 2 atom stereocenters. The Morgan fingerprint density at radius 1 is 1.00 bits per heavy atom. The Balaban J connectivity index is 1.95. The van der Waals surface area contributed by atoms with Crippen molar-refractivity contribution in [1.82, 2.24) is 5.48 Å². The molecule has 8 heteroatoms. The summed E-state index contributed by atoms with van der Waals surface area (Å²) >= 11 is 24.2. The van der Waals surface area contributed by atoms with E-state index in [9.17, 15) is 10.4 Å². The molecule has 0 spiro atoms. The molecule has 0 radical (unpaired) electrons. The first-order valence-electron chi connectivity index (χ1n) is 8.67. The van der Waals surface area contributed by atoms with Crippen LogP contribution in [0.3, 0.4) is 0 Å². The monoisotopic (exact) mass is 458 g/mol. The summed E-state index contributed by atoms with van der Waals surface area (Å²) in [6, 6.07) is 9.99. The fourth-order valence-electron chi connectivity index (χ4n) is 3.53. The molecule has 3 rings (SSSR count).